The van der Waals surface area contributed by atoms with Crippen molar-refractivity contribution >= 4 is 32.6 Å². The highest BCUT2D eigenvalue weighted by Crippen LogP contribution is 2.35. The minimum absolute atomic E-state index is 0.675. The van der Waals surface area contributed by atoms with Gasteiger partial charge in [0, 0.05) is 56.4 Å². The summed E-state index contributed by atoms with van der Waals surface area (Å²) < 4.78 is 0. The smallest absolute Gasteiger partial charge is 0.160 e. The molecular formula is C56H37N5. The van der Waals surface area contributed by atoms with Crippen molar-refractivity contribution < 1.29 is 0 Å². The molecule has 0 bridgehead atoms. The van der Waals surface area contributed by atoms with E-state index in [2.05, 4.69) is 170 Å². The molecule has 11 aromatic rings. The molecule has 7 aromatic carbocycles. The summed E-state index contributed by atoms with van der Waals surface area (Å²) in [5.41, 5.74) is 16.2. The van der Waals surface area contributed by atoms with Gasteiger partial charge in [-0.1, -0.05) is 164 Å². The highest BCUT2D eigenvalue weighted by atomic mass is 14.9. The molecule has 0 atom stereocenters. The summed E-state index contributed by atoms with van der Waals surface area (Å²) in [7, 11) is 0. The number of hydrogen-bond acceptors (Lipinski definition) is 5. The number of fused-ring (bicyclic) bond motifs is 4. The molecule has 0 saturated heterocycles. The Morgan fingerprint density at radius 1 is 0.328 bits per heavy atom. The SMILES string of the molecule is Cc1cc(-c2ccc(-c3ccc(-c4nc(-c5ccccc5)cc(-c5cccc(-c6cccc7ccncc67)c5)n4)cc3)cc2)nc2c1ccc1ccc(-c3ccccc3)nc12. The summed E-state index contributed by atoms with van der Waals surface area (Å²) in [6, 6.07) is 67.6. The average molecular weight is 780 g/mol. The molecule has 0 amide bonds. The Kier molecular flexibility index (Phi) is 8.98. The monoisotopic (exact) mass is 779 g/mol. The van der Waals surface area contributed by atoms with Crippen molar-refractivity contribution in [3.63, 3.8) is 0 Å². The van der Waals surface area contributed by atoms with Gasteiger partial charge in [-0.2, -0.15) is 0 Å². The molecule has 0 aliphatic rings. The van der Waals surface area contributed by atoms with Crippen molar-refractivity contribution in [2.45, 2.75) is 6.92 Å². The first-order valence-electron chi connectivity index (χ1n) is 20.5. The minimum atomic E-state index is 0.675. The molecule has 0 saturated carbocycles. The topological polar surface area (TPSA) is 64.5 Å². The largest absolute Gasteiger partial charge is 0.264 e. The van der Waals surface area contributed by atoms with Gasteiger partial charge in [-0.05, 0) is 70.5 Å². The minimum Gasteiger partial charge on any atom is -0.264 e. The first-order valence-corrected chi connectivity index (χ1v) is 20.5. The number of aryl methyl sites for hydroxylation is 1. The van der Waals surface area contributed by atoms with Crippen molar-refractivity contribution in [2.75, 3.05) is 0 Å². The summed E-state index contributed by atoms with van der Waals surface area (Å²) in [4.78, 5) is 25.0. The Hall–Kier alpha value is -8.15. The van der Waals surface area contributed by atoms with Crippen LogP contribution < -0.4 is 0 Å². The van der Waals surface area contributed by atoms with Crippen LogP contribution in [0.3, 0.4) is 0 Å². The van der Waals surface area contributed by atoms with Crippen LogP contribution in [0.15, 0.2) is 207 Å². The van der Waals surface area contributed by atoms with Crippen molar-refractivity contribution in [2.24, 2.45) is 0 Å². The predicted molar refractivity (Wildman–Crippen MR) is 251 cm³/mol. The molecule has 0 aliphatic heterocycles. The van der Waals surface area contributed by atoms with Crippen LogP contribution >= 0.6 is 0 Å². The summed E-state index contributed by atoms with van der Waals surface area (Å²) in [5, 5.41) is 4.47. The fourth-order valence-electron chi connectivity index (χ4n) is 8.30. The molecule has 0 spiro atoms. The van der Waals surface area contributed by atoms with E-state index in [9.17, 15) is 0 Å². The van der Waals surface area contributed by atoms with E-state index in [1.54, 1.807) is 0 Å². The van der Waals surface area contributed by atoms with Crippen molar-refractivity contribution in [1.29, 1.82) is 0 Å². The molecular weight excluding hydrogens is 743 g/mol. The summed E-state index contributed by atoms with van der Waals surface area (Å²) >= 11 is 0. The van der Waals surface area contributed by atoms with Crippen LogP contribution in [-0.4, -0.2) is 24.9 Å². The fraction of sp³-hybridized carbons (Fsp3) is 0.0179. The molecule has 4 aromatic heterocycles. The lowest BCUT2D eigenvalue weighted by Gasteiger charge is -2.12. The van der Waals surface area contributed by atoms with Gasteiger partial charge in [-0.25, -0.2) is 19.9 Å². The normalized spacial score (nSPS) is 11.4. The van der Waals surface area contributed by atoms with E-state index in [0.29, 0.717) is 5.82 Å². The molecule has 4 heterocycles. The van der Waals surface area contributed by atoms with Crippen molar-refractivity contribution in [1.82, 2.24) is 24.9 Å². The Labute approximate surface area is 353 Å². The van der Waals surface area contributed by atoms with Crippen molar-refractivity contribution in [3.8, 4) is 78.7 Å². The Balaban J connectivity index is 0.917. The lowest BCUT2D eigenvalue weighted by molar-refractivity contribution is 1.18. The van der Waals surface area contributed by atoms with Gasteiger partial charge in [0.15, 0.2) is 5.82 Å². The third-order valence-corrected chi connectivity index (χ3v) is 11.5. The highest BCUT2D eigenvalue weighted by molar-refractivity contribution is 6.05. The molecule has 0 aliphatic carbocycles. The first kappa shape index (κ1) is 36.0. The number of aromatic nitrogens is 5. The van der Waals surface area contributed by atoms with E-state index >= 15 is 0 Å². The maximum atomic E-state index is 5.23. The van der Waals surface area contributed by atoms with Crippen LogP contribution in [-0.2, 0) is 0 Å². The van der Waals surface area contributed by atoms with Gasteiger partial charge in [0.2, 0.25) is 0 Å². The van der Waals surface area contributed by atoms with Gasteiger partial charge in [-0.3, -0.25) is 4.98 Å². The number of nitrogens with zero attached hydrogens (tertiary/aromatic N) is 5. The van der Waals surface area contributed by atoms with Crippen LogP contribution in [0.5, 0.6) is 0 Å². The van der Waals surface area contributed by atoms with Crippen LogP contribution in [0.25, 0.3) is 111 Å². The van der Waals surface area contributed by atoms with E-state index in [4.69, 9.17) is 19.9 Å². The number of pyridine rings is 3. The zero-order valence-corrected chi connectivity index (χ0v) is 33.4. The van der Waals surface area contributed by atoms with Gasteiger partial charge in [0.1, 0.15) is 0 Å². The maximum Gasteiger partial charge on any atom is 0.160 e. The molecule has 0 fully saturated rings. The summed E-state index contributed by atoms with van der Waals surface area (Å²) in [6.07, 6.45) is 3.78. The molecule has 0 N–H and O–H groups in total. The lowest BCUT2D eigenvalue weighted by Crippen LogP contribution is -1.96. The van der Waals surface area contributed by atoms with Gasteiger partial charge < -0.3 is 0 Å². The zero-order valence-electron chi connectivity index (χ0n) is 33.4. The van der Waals surface area contributed by atoms with Gasteiger partial charge >= 0.3 is 0 Å². The van der Waals surface area contributed by atoms with E-state index in [-0.39, 0.29) is 0 Å². The van der Waals surface area contributed by atoms with Gasteiger partial charge in [0.05, 0.1) is 33.8 Å². The summed E-state index contributed by atoms with van der Waals surface area (Å²) in [6.45, 7) is 2.15. The Morgan fingerprint density at radius 3 is 1.66 bits per heavy atom. The van der Waals surface area contributed by atoms with Gasteiger partial charge in [0.25, 0.3) is 0 Å². The predicted octanol–water partition coefficient (Wildman–Crippen LogP) is 14.1. The average Bonchev–Trinajstić information content (AvgIpc) is 3.34. The molecule has 61 heavy (non-hydrogen) atoms. The third-order valence-electron chi connectivity index (χ3n) is 11.5. The summed E-state index contributed by atoms with van der Waals surface area (Å²) in [5.74, 6) is 0.675. The number of benzene rings is 7. The molecule has 5 heteroatoms. The number of hydrogen-bond donors (Lipinski definition) is 0. The van der Waals surface area contributed by atoms with Crippen LogP contribution in [0, 0.1) is 6.92 Å². The van der Waals surface area contributed by atoms with E-state index in [0.717, 1.165) is 105 Å². The van der Waals surface area contributed by atoms with Crippen molar-refractivity contribution in [3.05, 3.63) is 212 Å². The maximum absolute atomic E-state index is 5.23. The Morgan fingerprint density at radius 2 is 0.902 bits per heavy atom. The van der Waals surface area contributed by atoms with E-state index in [1.807, 2.05) is 48.8 Å². The molecule has 286 valence electrons. The molecule has 0 unspecified atom stereocenters. The van der Waals surface area contributed by atoms with E-state index in [1.165, 1.54) is 5.56 Å². The quantitative estimate of drug-likeness (QED) is 0.151. The lowest BCUT2D eigenvalue weighted by atomic mass is 9.97. The second kappa shape index (κ2) is 15.2. The molecule has 0 radical (unpaired) electrons. The highest BCUT2D eigenvalue weighted by Gasteiger charge is 2.15. The standard InChI is InChI=1S/C56H37N5/c1-36-32-51(59-55-47(36)28-26-43-27-29-50(58-54(43)55)40-10-4-2-5-11-40)42-22-18-37(19-23-42)38-20-24-44(25-21-38)56-60-52(41-12-6-3-7-13-41)34-53(61-56)46-16-8-15-45(33-46)48-17-9-14-39-30-31-57-35-49(39)48/h2-35H,1H3. The van der Waals surface area contributed by atoms with Crippen LogP contribution in [0.1, 0.15) is 5.56 Å². The number of rotatable bonds is 7. The molecule has 11 rings (SSSR count). The first-order chi connectivity index (χ1) is 30.1. The second-order valence-corrected chi connectivity index (χ2v) is 15.4. The Bertz CT molecular complexity index is 3390. The fourth-order valence-corrected chi connectivity index (χ4v) is 8.30. The van der Waals surface area contributed by atoms with Crippen LogP contribution in [0.2, 0.25) is 0 Å². The van der Waals surface area contributed by atoms with Crippen LogP contribution in [0.4, 0.5) is 0 Å². The van der Waals surface area contributed by atoms with Gasteiger partial charge in [-0.15, -0.1) is 0 Å². The molecule has 5 nitrogen and oxygen atoms in total. The third kappa shape index (κ3) is 6.88. The zero-order chi connectivity index (χ0) is 40.7. The second-order valence-electron chi connectivity index (χ2n) is 15.4. The van der Waals surface area contributed by atoms with E-state index < -0.39 is 0 Å².